The molecule has 1 aliphatic heterocycles. The van der Waals surface area contributed by atoms with E-state index in [1.54, 1.807) is 37.5 Å². The second-order valence-corrected chi connectivity index (χ2v) is 6.27. The third kappa shape index (κ3) is 3.50. The quantitative estimate of drug-likeness (QED) is 0.578. The molecule has 11 heteroatoms. The summed E-state index contributed by atoms with van der Waals surface area (Å²) >= 11 is 0. The second-order valence-electron chi connectivity index (χ2n) is 6.27. The minimum atomic E-state index is -1.22. The number of aromatic nitrogens is 5. The Morgan fingerprint density at radius 3 is 2.79 bits per heavy atom. The average Bonchev–Trinajstić information content (AvgIpc) is 3.28. The van der Waals surface area contributed by atoms with Crippen LogP contribution in [-0.2, 0) is 11.8 Å². The molecule has 1 fully saturated rings. The summed E-state index contributed by atoms with van der Waals surface area (Å²) in [5.74, 6) is 0.492. The van der Waals surface area contributed by atoms with Gasteiger partial charge in [-0.15, -0.1) is 0 Å². The summed E-state index contributed by atoms with van der Waals surface area (Å²) in [5.41, 5.74) is 1.43. The van der Waals surface area contributed by atoms with Crippen LogP contribution in [0.4, 0.5) is 21.8 Å². The molecule has 2 unspecified atom stereocenters. The molecule has 1 aromatic carbocycles. The van der Waals surface area contributed by atoms with Crippen LogP contribution in [0.5, 0.6) is 0 Å². The molecule has 10 nitrogen and oxygen atoms in total. The number of nitrogens with zero attached hydrogens (tertiary/aromatic N) is 6. The number of rotatable bonds is 5. The monoisotopic (exact) mass is 387 g/mol. The fraction of sp³-hybridized carbons (Fsp3) is 0.294. The first-order valence-corrected chi connectivity index (χ1v) is 8.51. The highest BCUT2D eigenvalue weighted by atomic mass is 19.1. The molecule has 3 aromatic rings. The van der Waals surface area contributed by atoms with E-state index in [4.69, 9.17) is 9.84 Å². The van der Waals surface area contributed by atoms with Gasteiger partial charge in [0, 0.05) is 30.1 Å². The summed E-state index contributed by atoms with van der Waals surface area (Å²) in [4.78, 5) is 5.74. The standard InChI is InChI=1S/C17H18FN7O3/c1-24-16(21-22-23-24)20-15-5-2-10(7-19-15)13-4-3-11(6-14(13)18)25-8-12(9-26)28-17(25)27/h2-7,12,17,26-27H,8-9H2,1H3,(H,19,20,21,23). The Morgan fingerprint density at radius 2 is 2.18 bits per heavy atom. The van der Waals surface area contributed by atoms with Gasteiger partial charge in [-0.1, -0.05) is 5.10 Å². The molecule has 0 bridgehead atoms. The van der Waals surface area contributed by atoms with Crippen LogP contribution in [0.25, 0.3) is 11.1 Å². The Balaban J connectivity index is 1.52. The first-order valence-electron chi connectivity index (χ1n) is 8.51. The predicted octanol–water partition coefficient (Wildman–Crippen LogP) is 0.628. The van der Waals surface area contributed by atoms with Gasteiger partial charge < -0.3 is 25.2 Å². The fourth-order valence-electron chi connectivity index (χ4n) is 2.93. The van der Waals surface area contributed by atoms with Crippen LogP contribution in [0.3, 0.4) is 0 Å². The zero-order valence-electron chi connectivity index (χ0n) is 14.9. The molecular weight excluding hydrogens is 369 g/mol. The maximum absolute atomic E-state index is 14.7. The van der Waals surface area contributed by atoms with Crippen molar-refractivity contribution in [3.05, 3.63) is 42.3 Å². The molecule has 2 atom stereocenters. The summed E-state index contributed by atoms with van der Waals surface area (Å²) in [6.45, 7) is 0.0554. The van der Waals surface area contributed by atoms with E-state index >= 15 is 0 Å². The van der Waals surface area contributed by atoms with E-state index in [1.807, 2.05) is 0 Å². The molecule has 0 amide bonds. The van der Waals surface area contributed by atoms with E-state index in [2.05, 4.69) is 25.8 Å². The number of aliphatic hydroxyl groups excluding tert-OH is 2. The lowest BCUT2D eigenvalue weighted by Gasteiger charge is -2.21. The van der Waals surface area contributed by atoms with E-state index in [0.29, 0.717) is 28.6 Å². The lowest BCUT2D eigenvalue weighted by molar-refractivity contribution is -0.0989. The van der Waals surface area contributed by atoms with Crippen molar-refractivity contribution in [1.82, 2.24) is 25.2 Å². The summed E-state index contributed by atoms with van der Waals surface area (Å²) < 4.78 is 21.3. The first kappa shape index (κ1) is 18.2. The predicted molar refractivity (Wildman–Crippen MR) is 97.0 cm³/mol. The number of nitrogens with one attached hydrogen (secondary N) is 1. The van der Waals surface area contributed by atoms with Crippen molar-refractivity contribution in [3.63, 3.8) is 0 Å². The SMILES string of the molecule is Cn1nnnc1Nc1ccc(-c2ccc(N3CC(CO)OC3O)cc2F)cn1. The second kappa shape index (κ2) is 7.46. The highest BCUT2D eigenvalue weighted by Crippen LogP contribution is 2.30. The van der Waals surface area contributed by atoms with Crippen molar-refractivity contribution in [3.8, 4) is 11.1 Å². The van der Waals surface area contributed by atoms with Gasteiger partial charge in [-0.05, 0) is 40.8 Å². The maximum Gasteiger partial charge on any atom is 0.248 e. The molecule has 2 aromatic heterocycles. The van der Waals surface area contributed by atoms with Gasteiger partial charge in [0.25, 0.3) is 0 Å². The minimum Gasteiger partial charge on any atom is -0.394 e. The van der Waals surface area contributed by atoms with E-state index in [9.17, 15) is 9.50 Å². The van der Waals surface area contributed by atoms with Crippen LogP contribution in [0, 0.1) is 5.82 Å². The highest BCUT2D eigenvalue weighted by Gasteiger charge is 2.31. The number of ether oxygens (including phenoxy) is 1. The Morgan fingerprint density at radius 1 is 1.32 bits per heavy atom. The number of anilines is 3. The molecule has 146 valence electrons. The van der Waals surface area contributed by atoms with Crippen molar-refractivity contribution >= 4 is 17.5 Å². The van der Waals surface area contributed by atoms with Crippen LogP contribution < -0.4 is 10.2 Å². The number of aliphatic hydroxyl groups is 2. The van der Waals surface area contributed by atoms with Crippen LogP contribution in [0.15, 0.2) is 36.5 Å². The van der Waals surface area contributed by atoms with Gasteiger partial charge in [-0.2, -0.15) is 0 Å². The summed E-state index contributed by atoms with van der Waals surface area (Å²) in [7, 11) is 1.69. The Hall–Kier alpha value is -3.15. The fourth-order valence-corrected chi connectivity index (χ4v) is 2.93. The van der Waals surface area contributed by atoms with Gasteiger partial charge in [-0.3, -0.25) is 0 Å². The number of aryl methyl sites for hydroxylation is 1. The van der Waals surface area contributed by atoms with E-state index < -0.39 is 18.3 Å². The zero-order chi connectivity index (χ0) is 19.7. The Labute approximate surface area is 159 Å². The topological polar surface area (TPSA) is 121 Å². The molecule has 1 aliphatic rings. The normalized spacial score (nSPS) is 19.2. The van der Waals surface area contributed by atoms with Gasteiger partial charge in [0.05, 0.1) is 13.2 Å². The number of tetrazole rings is 1. The molecule has 1 saturated heterocycles. The number of hydrogen-bond acceptors (Lipinski definition) is 9. The third-order valence-electron chi connectivity index (χ3n) is 4.40. The number of benzene rings is 1. The van der Waals surface area contributed by atoms with Gasteiger partial charge in [0.15, 0.2) is 0 Å². The number of hydrogen-bond donors (Lipinski definition) is 3. The molecule has 4 rings (SSSR count). The van der Waals surface area contributed by atoms with Crippen molar-refractivity contribution in [2.75, 3.05) is 23.4 Å². The lowest BCUT2D eigenvalue weighted by atomic mass is 10.1. The van der Waals surface area contributed by atoms with E-state index in [1.165, 1.54) is 15.6 Å². The van der Waals surface area contributed by atoms with Crippen molar-refractivity contribution in [2.24, 2.45) is 7.05 Å². The van der Waals surface area contributed by atoms with Crippen LogP contribution >= 0.6 is 0 Å². The van der Waals surface area contributed by atoms with Gasteiger partial charge in [0.2, 0.25) is 12.4 Å². The number of pyridine rings is 1. The van der Waals surface area contributed by atoms with Crippen LogP contribution in [0.2, 0.25) is 0 Å². The third-order valence-corrected chi connectivity index (χ3v) is 4.40. The largest absolute Gasteiger partial charge is 0.394 e. The summed E-state index contributed by atoms with van der Waals surface area (Å²) in [6.07, 6.45) is -0.185. The van der Waals surface area contributed by atoms with Crippen LogP contribution in [0.1, 0.15) is 0 Å². The first-order chi connectivity index (χ1) is 13.5. The maximum atomic E-state index is 14.7. The van der Waals surface area contributed by atoms with Crippen LogP contribution in [-0.4, -0.2) is 61.1 Å². The van der Waals surface area contributed by atoms with E-state index in [0.717, 1.165) is 0 Å². The Kier molecular flexibility index (Phi) is 4.86. The highest BCUT2D eigenvalue weighted by molar-refractivity contribution is 5.68. The number of halogens is 1. The smallest absolute Gasteiger partial charge is 0.248 e. The molecule has 28 heavy (non-hydrogen) atoms. The average molecular weight is 387 g/mol. The Bertz CT molecular complexity index is 966. The van der Waals surface area contributed by atoms with Gasteiger partial charge >= 0.3 is 0 Å². The molecular formula is C17H18FN7O3. The lowest BCUT2D eigenvalue weighted by Crippen LogP contribution is -2.29. The van der Waals surface area contributed by atoms with Gasteiger partial charge in [-0.25, -0.2) is 14.1 Å². The molecule has 3 heterocycles. The van der Waals surface area contributed by atoms with Crippen molar-refractivity contribution in [2.45, 2.75) is 12.5 Å². The zero-order valence-corrected chi connectivity index (χ0v) is 14.9. The summed E-state index contributed by atoms with van der Waals surface area (Å²) in [5, 5.41) is 33.1. The molecule has 0 spiro atoms. The molecule has 0 aliphatic carbocycles. The minimum absolute atomic E-state index is 0.218. The van der Waals surface area contributed by atoms with Crippen molar-refractivity contribution in [1.29, 1.82) is 0 Å². The molecule has 0 radical (unpaired) electrons. The van der Waals surface area contributed by atoms with Gasteiger partial charge in [0.1, 0.15) is 17.7 Å². The van der Waals surface area contributed by atoms with E-state index in [-0.39, 0.29) is 13.2 Å². The summed E-state index contributed by atoms with van der Waals surface area (Å²) in [6, 6.07) is 8.04. The van der Waals surface area contributed by atoms with Crippen molar-refractivity contribution < 1.29 is 19.3 Å². The molecule has 0 saturated carbocycles. The molecule has 3 N–H and O–H groups in total.